The highest BCUT2D eigenvalue weighted by Gasteiger charge is 2.42. The van der Waals surface area contributed by atoms with Crippen molar-refractivity contribution in [2.75, 3.05) is 6.54 Å². The Labute approximate surface area is 112 Å². The normalized spacial score (nSPS) is 24.9. The minimum Gasteiger partial charge on any atom is -0.312 e. The standard InChI is InChI=1S/C17H27N/c1-5-13(12-18-17(2,3)4)15-11-16(15)14-9-7-6-8-10-14/h6-10,13,15-16,18H,5,11-12H2,1-4H3. The Kier molecular flexibility index (Phi) is 4.11. The molecular formula is C17H27N. The molecule has 0 radical (unpaired) electrons. The molecule has 0 saturated heterocycles. The summed E-state index contributed by atoms with van der Waals surface area (Å²) in [6.45, 7) is 10.2. The van der Waals surface area contributed by atoms with Crippen LogP contribution in [0.1, 0.15) is 52.0 Å². The van der Waals surface area contributed by atoms with Gasteiger partial charge in [0.25, 0.3) is 0 Å². The SMILES string of the molecule is CCC(CNC(C)(C)C)C1CC1c1ccccc1. The zero-order valence-corrected chi connectivity index (χ0v) is 12.2. The zero-order valence-electron chi connectivity index (χ0n) is 12.2. The van der Waals surface area contributed by atoms with Gasteiger partial charge in [-0.2, -0.15) is 0 Å². The van der Waals surface area contributed by atoms with Gasteiger partial charge < -0.3 is 5.32 Å². The lowest BCUT2D eigenvalue weighted by molar-refractivity contribution is 0.338. The van der Waals surface area contributed by atoms with Gasteiger partial charge in [0.1, 0.15) is 0 Å². The summed E-state index contributed by atoms with van der Waals surface area (Å²) < 4.78 is 0. The smallest absolute Gasteiger partial charge is 0.00966 e. The summed E-state index contributed by atoms with van der Waals surface area (Å²) in [5, 5.41) is 3.67. The summed E-state index contributed by atoms with van der Waals surface area (Å²) in [5.41, 5.74) is 1.78. The van der Waals surface area contributed by atoms with E-state index in [4.69, 9.17) is 0 Å². The maximum Gasteiger partial charge on any atom is 0.00966 e. The van der Waals surface area contributed by atoms with Crippen LogP contribution in [-0.4, -0.2) is 12.1 Å². The van der Waals surface area contributed by atoms with Crippen LogP contribution in [0.25, 0.3) is 0 Å². The van der Waals surface area contributed by atoms with Crippen LogP contribution in [0, 0.1) is 11.8 Å². The van der Waals surface area contributed by atoms with Crippen LogP contribution < -0.4 is 5.32 Å². The topological polar surface area (TPSA) is 12.0 Å². The molecule has 0 bridgehead atoms. The van der Waals surface area contributed by atoms with Gasteiger partial charge >= 0.3 is 0 Å². The molecule has 0 spiro atoms. The molecule has 3 unspecified atom stereocenters. The highest BCUT2D eigenvalue weighted by Crippen LogP contribution is 2.52. The minimum atomic E-state index is 0.241. The highest BCUT2D eigenvalue weighted by molar-refractivity contribution is 5.26. The molecule has 1 heteroatoms. The van der Waals surface area contributed by atoms with E-state index in [0.29, 0.717) is 0 Å². The second-order valence-electron chi connectivity index (χ2n) is 6.72. The first-order valence-electron chi connectivity index (χ1n) is 7.31. The molecule has 0 aromatic heterocycles. The van der Waals surface area contributed by atoms with Gasteiger partial charge in [0.05, 0.1) is 0 Å². The third-order valence-electron chi connectivity index (χ3n) is 4.09. The van der Waals surface area contributed by atoms with E-state index in [2.05, 4.69) is 63.3 Å². The van der Waals surface area contributed by atoms with Crippen molar-refractivity contribution in [1.82, 2.24) is 5.32 Å². The first-order chi connectivity index (χ1) is 8.51. The van der Waals surface area contributed by atoms with Crippen LogP contribution in [-0.2, 0) is 0 Å². The average Bonchev–Trinajstić information content (AvgIpc) is 3.10. The lowest BCUT2D eigenvalue weighted by Crippen LogP contribution is -2.39. The molecular weight excluding hydrogens is 218 g/mol. The van der Waals surface area contributed by atoms with Crippen LogP contribution in [0.3, 0.4) is 0 Å². The Morgan fingerprint density at radius 3 is 2.44 bits per heavy atom. The van der Waals surface area contributed by atoms with Crippen molar-refractivity contribution < 1.29 is 0 Å². The fourth-order valence-electron chi connectivity index (χ4n) is 2.85. The van der Waals surface area contributed by atoms with Crippen LogP contribution in [0.5, 0.6) is 0 Å². The van der Waals surface area contributed by atoms with Crippen LogP contribution in [0.15, 0.2) is 30.3 Å². The fourth-order valence-corrected chi connectivity index (χ4v) is 2.85. The maximum atomic E-state index is 3.67. The highest BCUT2D eigenvalue weighted by atomic mass is 14.9. The number of rotatable bonds is 5. The molecule has 1 aliphatic carbocycles. The van der Waals surface area contributed by atoms with Gasteiger partial charge in [0.2, 0.25) is 0 Å². The molecule has 2 rings (SSSR count). The van der Waals surface area contributed by atoms with Crippen LogP contribution in [0.2, 0.25) is 0 Å². The van der Waals surface area contributed by atoms with E-state index in [9.17, 15) is 0 Å². The second kappa shape index (κ2) is 5.44. The van der Waals surface area contributed by atoms with Crippen molar-refractivity contribution in [2.45, 2.75) is 52.0 Å². The molecule has 0 heterocycles. The summed E-state index contributed by atoms with van der Waals surface area (Å²) >= 11 is 0. The lowest BCUT2D eigenvalue weighted by atomic mass is 9.95. The summed E-state index contributed by atoms with van der Waals surface area (Å²) in [7, 11) is 0. The molecule has 1 aliphatic rings. The van der Waals surface area contributed by atoms with E-state index in [-0.39, 0.29) is 5.54 Å². The van der Waals surface area contributed by atoms with Gasteiger partial charge in [-0.05, 0) is 57.1 Å². The minimum absolute atomic E-state index is 0.241. The number of benzene rings is 1. The zero-order chi connectivity index (χ0) is 13.2. The van der Waals surface area contributed by atoms with E-state index in [1.54, 1.807) is 0 Å². The number of hydrogen-bond acceptors (Lipinski definition) is 1. The van der Waals surface area contributed by atoms with Gasteiger partial charge in [-0.1, -0.05) is 43.7 Å². The van der Waals surface area contributed by atoms with Crippen molar-refractivity contribution in [3.63, 3.8) is 0 Å². The van der Waals surface area contributed by atoms with Crippen molar-refractivity contribution in [2.24, 2.45) is 11.8 Å². The summed E-state index contributed by atoms with van der Waals surface area (Å²) in [4.78, 5) is 0. The van der Waals surface area contributed by atoms with E-state index in [1.165, 1.54) is 18.4 Å². The Bertz CT molecular complexity index is 363. The van der Waals surface area contributed by atoms with E-state index >= 15 is 0 Å². The third kappa shape index (κ3) is 3.58. The van der Waals surface area contributed by atoms with E-state index in [0.717, 1.165) is 24.3 Å². The molecule has 1 saturated carbocycles. The monoisotopic (exact) mass is 245 g/mol. The molecule has 18 heavy (non-hydrogen) atoms. The lowest BCUT2D eigenvalue weighted by Gasteiger charge is -2.25. The van der Waals surface area contributed by atoms with Gasteiger partial charge in [-0.15, -0.1) is 0 Å². The predicted molar refractivity (Wildman–Crippen MR) is 78.8 cm³/mol. The Morgan fingerprint density at radius 1 is 1.22 bits per heavy atom. The molecule has 100 valence electrons. The fraction of sp³-hybridized carbons (Fsp3) is 0.647. The first-order valence-corrected chi connectivity index (χ1v) is 7.31. The summed E-state index contributed by atoms with van der Waals surface area (Å²) in [5.74, 6) is 2.54. The summed E-state index contributed by atoms with van der Waals surface area (Å²) in [6.07, 6.45) is 2.67. The average molecular weight is 245 g/mol. The molecule has 0 aliphatic heterocycles. The molecule has 3 atom stereocenters. The molecule has 0 amide bonds. The van der Waals surface area contributed by atoms with E-state index in [1.807, 2.05) is 0 Å². The maximum absolute atomic E-state index is 3.67. The van der Waals surface area contributed by atoms with E-state index < -0.39 is 0 Å². The van der Waals surface area contributed by atoms with Gasteiger partial charge in [0.15, 0.2) is 0 Å². The first kappa shape index (κ1) is 13.6. The van der Waals surface area contributed by atoms with Crippen molar-refractivity contribution in [1.29, 1.82) is 0 Å². The Hall–Kier alpha value is -0.820. The number of hydrogen-bond donors (Lipinski definition) is 1. The van der Waals surface area contributed by atoms with Crippen molar-refractivity contribution in [3.05, 3.63) is 35.9 Å². The van der Waals surface area contributed by atoms with Crippen molar-refractivity contribution >= 4 is 0 Å². The molecule has 1 aromatic carbocycles. The second-order valence-corrected chi connectivity index (χ2v) is 6.72. The molecule has 1 N–H and O–H groups in total. The van der Waals surface area contributed by atoms with Crippen LogP contribution in [0.4, 0.5) is 0 Å². The van der Waals surface area contributed by atoms with Crippen LogP contribution >= 0.6 is 0 Å². The molecule has 1 aromatic rings. The van der Waals surface area contributed by atoms with Gasteiger partial charge in [-0.25, -0.2) is 0 Å². The van der Waals surface area contributed by atoms with Gasteiger partial charge in [0, 0.05) is 5.54 Å². The Balaban J connectivity index is 1.88. The number of nitrogens with one attached hydrogen (secondary N) is 1. The third-order valence-corrected chi connectivity index (χ3v) is 4.09. The quantitative estimate of drug-likeness (QED) is 0.819. The largest absolute Gasteiger partial charge is 0.312 e. The predicted octanol–water partition coefficient (Wildman–Crippen LogP) is 4.20. The van der Waals surface area contributed by atoms with Gasteiger partial charge in [-0.3, -0.25) is 0 Å². The van der Waals surface area contributed by atoms with Crippen molar-refractivity contribution in [3.8, 4) is 0 Å². The summed E-state index contributed by atoms with van der Waals surface area (Å²) in [6, 6.07) is 11.0. The molecule has 1 nitrogen and oxygen atoms in total. The Morgan fingerprint density at radius 2 is 1.89 bits per heavy atom. The molecule has 1 fully saturated rings.